The first-order valence-electron chi connectivity index (χ1n) is 7.92. The fraction of sp³-hybridized carbons (Fsp3) is 0.933. The average Bonchev–Trinajstić information content (AvgIpc) is 2.43. The predicted molar refractivity (Wildman–Crippen MR) is 83.3 cm³/mol. The molecule has 1 saturated heterocycles. The van der Waals surface area contributed by atoms with Crippen molar-refractivity contribution in [2.45, 2.75) is 20.8 Å². The van der Waals surface area contributed by atoms with E-state index in [1.165, 1.54) is 26.2 Å². The Kier molecular flexibility index (Phi) is 8.62. The summed E-state index contributed by atoms with van der Waals surface area (Å²) in [4.78, 5) is 9.89. The van der Waals surface area contributed by atoms with E-state index in [-0.39, 0.29) is 0 Å². The van der Waals surface area contributed by atoms with Crippen LogP contribution >= 0.6 is 0 Å². The fourth-order valence-electron chi connectivity index (χ4n) is 2.53. The van der Waals surface area contributed by atoms with Gasteiger partial charge in [-0.1, -0.05) is 20.8 Å². The maximum absolute atomic E-state index is 4.16. The highest BCUT2D eigenvalue weighted by Gasteiger charge is 2.11. The molecule has 0 saturated carbocycles. The molecular weight excluding hydrogens is 236 g/mol. The van der Waals surface area contributed by atoms with E-state index < -0.39 is 0 Å². The first-order chi connectivity index (χ1) is 9.19. The van der Waals surface area contributed by atoms with Crippen LogP contribution in [0.25, 0.3) is 0 Å². The predicted octanol–water partition coefficient (Wildman–Crippen LogP) is 1.06. The lowest BCUT2D eigenvalue weighted by Gasteiger charge is -2.34. The Labute approximate surface area is 120 Å². The lowest BCUT2D eigenvalue weighted by atomic mass is 10.3. The molecule has 4 nitrogen and oxygen atoms in total. The molecule has 0 aromatic rings. The Hall–Kier alpha value is -0.160. The summed E-state index contributed by atoms with van der Waals surface area (Å²) in [5.41, 5.74) is 0. The van der Waals surface area contributed by atoms with E-state index in [2.05, 4.69) is 47.4 Å². The molecule has 1 heterocycles. The van der Waals surface area contributed by atoms with E-state index in [1.54, 1.807) is 0 Å². The summed E-state index contributed by atoms with van der Waals surface area (Å²) >= 11 is 0. The van der Waals surface area contributed by atoms with Crippen LogP contribution in [0.15, 0.2) is 0 Å². The van der Waals surface area contributed by atoms with E-state index in [0.29, 0.717) is 0 Å². The smallest absolute Gasteiger partial charge is 0.0110 e. The minimum Gasteiger partial charge on any atom is -0.457 e. The number of nitrogens with zero attached hydrogens (tertiary/aromatic N) is 4. The maximum Gasteiger partial charge on any atom is 0.0110 e. The lowest BCUT2D eigenvalue weighted by Crippen LogP contribution is -2.44. The van der Waals surface area contributed by atoms with Crippen molar-refractivity contribution in [2.75, 3.05) is 72.0 Å². The van der Waals surface area contributed by atoms with E-state index in [9.17, 15) is 0 Å². The third kappa shape index (κ3) is 6.70. The lowest BCUT2D eigenvalue weighted by molar-refractivity contribution is 0.156. The molecule has 0 amide bonds. The zero-order valence-electron chi connectivity index (χ0n) is 13.3. The molecule has 1 aliphatic heterocycles. The number of likely N-dealkylation sites (N-methyl/N-ethyl adjacent to an activating group) is 3. The van der Waals surface area contributed by atoms with E-state index in [1.807, 2.05) is 0 Å². The fourth-order valence-corrected chi connectivity index (χ4v) is 2.53. The van der Waals surface area contributed by atoms with Gasteiger partial charge >= 0.3 is 0 Å². The normalized spacial score (nSPS) is 24.0. The van der Waals surface area contributed by atoms with Crippen LogP contribution in [0.4, 0.5) is 0 Å². The summed E-state index contributed by atoms with van der Waals surface area (Å²) in [7, 11) is 4.16. The van der Waals surface area contributed by atoms with Crippen molar-refractivity contribution in [3.63, 3.8) is 0 Å². The van der Waals surface area contributed by atoms with E-state index in [4.69, 9.17) is 0 Å². The quantitative estimate of drug-likeness (QED) is 0.710. The van der Waals surface area contributed by atoms with Gasteiger partial charge in [-0.15, -0.1) is 0 Å². The first-order valence-corrected chi connectivity index (χ1v) is 7.92. The largest absolute Gasteiger partial charge is 0.457 e. The van der Waals surface area contributed by atoms with Gasteiger partial charge in [0.2, 0.25) is 0 Å². The van der Waals surface area contributed by atoms with Gasteiger partial charge in [0.15, 0.2) is 0 Å². The third-order valence-electron chi connectivity index (χ3n) is 4.27. The third-order valence-corrected chi connectivity index (χ3v) is 4.27. The van der Waals surface area contributed by atoms with Crippen LogP contribution in [0.5, 0.6) is 0 Å². The van der Waals surface area contributed by atoms with E-state index >= 15 is 0 Å². The Morgan fingerprint density at radius 3 is 1.11 bits per heavy atom. The van der Waals surface area contributed by atoms with Crippen molar-refractivity contribution in [1.82, 2.24) is 19.6 Å². The maximum atomic E-state index is 4.16. The highest BCUT2D eigenvalue weighted by atomic mass is 15.3. The molecule has 1 fully saturated rings. The van der Waals surface area contributed by atoms with Crippen molar-refractivity contribution in [3.05, 3.63) is 7.05 Å². The van der Waals surface area contributed by atoms with Gasteiger partial charge in [0.05, 0.1) is 0 Å². The standard InChI is InChI=1S/C15H33N4/c1-5-17-10-8-16(4)9-11-18(6-2)13-15-19(7-3)14-12-17/h4-15H2,1-3H3/q-1. The second-order valence-electron chi connectivity index (χ2n) is 5.42. The van der Waals surface area contributed by atoms with Gasteiger partial charge in [0.25, 0.3) is 0 Å². The molecule has 0 spiro atoms. The van der Waals surface area contributed by atoms with Gasteiger partial charge in [-0.05, 0) is 32.7 Å². The number of hydrogen-bond acceptors (Lipinski definition) is 4. The highest BCUT2D eigenvalue weighted by Crippen LogP contribution is 1.99. The van der Waals surface area contributed by atoms with Crippen LogP contribution in [0.1, 0.15) is 20.8 Å². The second-order valence-corrected chi connectivity index (χ2v) is 5.42. The van der Waals surface area contributed by atoms with Crippen LogP contribution in [0.3, 0.4) is 0 Å². The van der Waals surface area contributed by atoms with Crippen molar-refractivity contribution in [1.29, 1.82) is 0 Å². The molecule has 4 heteroatoms. The zero-order valence-corrected chi connectivity index (χ0v) is 13.3. The minimum atomic E-state index is 1.08. The zero-order chi connectivity index (χ0) is 14.1. The Balaban J connectivity index is 2.53. The van der Waals surface area contributed by atoms with Gasteiger partial charge in [0, 0.05) is 39.3 Å². The van der Waals surface area contributed by atoms with E-state index in [0.717, 1.165) is 45.8 Å². The van der Waals surface area contributed by atoms with Crippen LogP contribution in [0, 0.1) is 7.05 Å². The summed E-state index contributed by atoms with van der Waals surface area (Å²) in [6.07, 6.45) is 0. The molecule has 0 bridgehead atoms. The first kappa shape index (κ1) is 16.9. The SMILES string of the molecule is [CH2-]N1CCN(CC)CCN(CC)CCN(CC)CC1. The monoisotopic (exact) mass is 269 g/mol. The van der Waals surface area contributed by atoms with Gasteiger partial charge in [-0.3, -0.25) is 7.05 Å². The molecule has 0 aliphatic carbocycles. The molecule has 114 valence electrons. The number of rotatable bonds is 3. The van der Waals surface area contributed by atoms with Gasteiger partial charge < -0.3 is 19.6 Å². The average molecular weight is 269 g/mol. The molecular formula is C15H33N4-. The molecule has 0 N–H and O–H groups in total. The molecule has 0 atom stereocenters. The highest BCUT2D eigenvalue weighted by molar-refractivity contribution is 4.69. The van der Waals surface area contributed by atoms with Crippen molar-refractivity contribution >= 4 is 0 Å². The Bertz CT molecular complexity index is 202. The van der Waals surface area contributed by atoms with Crippen molar-refractivity contribution < 1.29 is 0 Å². The summed E-state index contributed by atoms with van der Waals surface area (Å²) in [6, 6.07) is 0. The van der Waals surface area contributed by atoms with Crippen molar-refractivity contribution in [3.8, 4) is 0 Å². The molecule has 0 aromatic carbocycles. The molecule has 0 unspecified atom stereocenters. The summed E-state index contributed by atoms with van der Waals surface area (Å²) in [6.45, 7) is 19.4. The second kappa shape index (κ2) is 9.70. The van der Waals surface area contributed by atoms with Crippen LogP contribution in [0.2, 0.25) is 0 Å². The molecule has 19 heavy (non-hydrogen) atoms. The van der Waals surface area contributed by atoms with Crippen molar-refractivity contribution in [2.24, 2.45) is 0 Å². The molecule has 0 radical (unpaired) electrons. The summed E-state index contributed by atoms with van der Waals surface area (Å²) < 4.78 is 0. The number of hydrogen-bond donors (Lipinski definition) is 0. The van der Waals surface area contributed by atoms with Gasteiger partial charge in [-0.25, -0.2) is 0 Å². The molecule has 1 aliphatic rings. The van der Waals surface area contributed by atoms with Crippen LogP contribution < -0.4 is 0 Å². The molecule has 1 rings (SSSR count). The molecule has 0 aromatic heterocycles. The Morgan fingerprint density at radius 2 is 0.842 bits per heavy atom. The summed E-state index contributed by atoms with van der Waals surface area (Å²) in [5, 5.41) is 0. The summed E-state index contributed by atoms with van der Waals surface area (Å²) in [5.74, 6) is 0. The van der Waals surface area contributed by atoms with Gasteiger partial charge in [0.1, 0.15) is 0 Å². The van der Waals surface area contributed by atoms with Gasteiger partial charge in [-0.2, -0.15) is 0 Å². The van der Waals surface area contributed by atoms with Crippen LogP contribution in [-0.4, -0.2) is 91.6 Å². The minimum absolute atomic E-state index is 1.08. The topological polar surface area (TPSA) is 13.0 Å². The Morgan fingerprint density at radius 1 is 0.579 bits per heavy atom. The van der Waals surface area contributed by atoms with Crippen LogP contribution in [-0.2, 0) is 0 Å².